The summed E-state index contributed by atoms with van der Waals surface area (Å²) in [5, 5.41) is 0. The lowest BCUT2D eigenvalue weighted by molar-refractivity contribution is -0.117. The zero-order valence-corrected chi connectivity index (χ0v) is 7.34. The molecule has 11 heavy (non-hydrogen) atoms. The number of hydrogen-bond donors (Lipinski definition) is 1. The number of pyridine rings is 1. The van der Waals surface area contributed by atoms with Gasteiger partial charge in [0.25, 0.3) is 0 Å². The van der Waals surface area contributed by atoms with Crippen LogP contribution in [0.4, 0.5) is 0 Å². The van der Waals surface area contributed by atoms with Gasteiger partial charge in [0, 0.05) is 16.9 Å². The van der Waals surface area contributed by atoms with Crippen LogP contribution in [0.1, 0.15) is 5.56 Å². The van der Waals surface area contributed by atoms with Crippen molar-refractivity contribution >= 4 is 21.8 Å². The number of nitrogens with two attached hydrogens (primary N) is 1. The third-order valence-corrected chi connectivity index (χ3v) is 1.94. The van der Waals surface area contributed by atoms with Gasteiger partial charge in [-0.25, -0.2) is 0 Å². The Kier molecular flexibility index (Phi) is 2.59. The van der Waals surface area contributed by atoms with E-state index < -0.39 is 0 Å². The standard InChI is InChI=1S/C7H7BrN2O/c8-6-4-10-2-1-5(6)3-7(9)11/h1-2,4H,3H2,(H2,9,11). The Morgan fingerprint density at radius 2 is 2.45 bits per heavy atom. The molecule has 0 aliphatic carbocycles. The summed E-state index contributed by atoms with van der Waals surface area (Å²) in [4.78, 5) is 14.4. The van der Waals surface area contributed by atoms with Crippen molar-refractivity contribution in [2.24, 2.45) is 5.73 Å². The SMILES string of the molecule is NC(=O)Cc1ccncc1Br. The summed E-state index contributed by atoms with van der Waals surface area (Å²) in [6.45, 7) is 0. The lowest BCUT2D eigenvalue weighted by atomic mass is 10.2. The van der Waals surface area contributed by atoms with Crippen molar-refractivity contribution in [1.29, 1.82) is 0 Å². The second kappa shape index (κ2) is 3.48. The van der Waals surface area contributed by atoms with E-state index in [2.05, 4.69) is 20.9 Å². The van der Waals surface area contributed by atoms with Crippen molar-refractivity contribution < 1.29 is 4.79 Å². The molecule has 0 aliphatic heterocycles. The van der Waals surface area contributed by atoms with Gasteiger partial charge < -0.3 is 5.73 Å². The normalized spacial score (nSPS) is 9.55. The molecule has 1 rings (SSSR count). The Balaban J connectivity index is 2.86. The summed E-state index contributed by atoms with van der Waals surface area (Å²) < 4.78 is 0.818. The van der Waals surface area contributed by atoms with Gasteiger partial charge in [-0.3, -0.25) is 9.78 Å². The second-order valence-corrected chi connectivity index (χ2v) is 2.96. The van der Waals surface area contributed by atoms with Crippen molar-refractivity contribution in [3.05, 3.63) is 28.5 Å². The van der Waals surface area contributed by atoms with Crippen LogP contribution in [0, 0.1) is 0 Å². The predicted octanol–water partition coefficient (Wildman–Crippen LogP) is 0.872. The minimum atomic E-state index is -0.336. The van der Waals surface area contributed by atoms with Crippen LogP contribution in [0.5, 0.6) is 0 Å². The molecule has 2 N–H and O–H groups in total. The zero-order valence-electron chi connectivity index (χ0n) is 5.75. The van der Waals surface area contributed by atoms with E-state index in [4.69, 9.17) is 5.73 Å². The number of halogens is 1. The fourth-order valence-corrected chi connectivity index (χ4v) is 1.13. The highest BCUT2D eigenvalue weighted by Crippen LogP contribution is 2.14. The maximum absolute atomic E-state index is 10.5. The van der Waals surface area contributed by atoms with Gasteiger partial charge in [0.1, 0.15) is 0 Å². The van der Waals surface area contributed by atoms with Gasteiger partial charge in [-0.05, 0) is 27.6 Å². The summed E-state index contributed by atoms with van der Waals surface area (Å²) in [5.41, 5.74) is 5.88. The summed E-state index contributed by atoms with van der Waals surface area (Å²) in [7, 11) is 0. The van der Waals surface area contributed by atoms with Crippen LogP contribution in [0.2, 0.25) is 0 Å². The minimum Gasteiger partial charge on any atom is -0.369 e. The molecule has 1 aromatic rings. The van der Waals surface area contributed by atoms with E-state index in [1.807, 2.05) is 0 Å². The lowest BCUT2D eigenvalue weighted by Crippen LogP contribution is -2.13. The summed E-state index contributed by atoms with van der Waals surface area (Å²) in [6.07, 6.45) is 3.52. The number of rotatable bonds is 2. The molecule has 0 unspecified atom stereocenters. The molecule has 4 heteroatoms. The Labute approximate surface area is 72.7 Å². The van der Waals surface area contributed by atoms with Gasteiger partial charge in [0.05, 0.1) is 6.42 Å². The topological polar surface area (TPSA) is 56.0 Å². The number of hydrogen-bond acceptors (Lipinski definition) is 2. The van der Waals surface area contributed by atoms with Crippen LogP contribution in [-0.4, -0.2) is 10.9 Å². The molecule has 1 aromatic heterocycles. The number of carbonyl (C=O) groups excluding carboxylic acids is 1. The van der Waals surface area contributed by atoms with E-state index in [1.165, 1.54) is 0 Å². The molecule has 0 aliphatic rings. The fourth-order valence-electron chi connectivity index (χ4n) is 0.735. The molecule has 3 nitrogen and oxygen atoms in total. The Morgan fingerprint density at radius 3 is 3.00 bits per heavy atom. The van der Waals surface area contributed by atoms with Crippen LogP contribution in [0.3, 0.4) is 0 Å². The van der Waals surface area contributed by atoms with E-state index in [1.54, 1.807) is 18.5 Å². The van der Waals surface area contributed by atoms with Gasteiger partial charge in [-0.2, -0.15) is 0 Å². The van der Waals surface area contributed by atoms with Crippen LogP contribution >= 0.6 is 15.9 Å². The molecule has 0 atom stereocenters. The molecule has 0 bridgehead atoms. The predicted molar refractivity (Wildman–Crippen MR) is 44.8 cm³/mol. The highest BCUT2D eigenvalue weighted by atomic mass is 79.9. The third kappa shape index (κ3) is 2.31. The van der Waals surface area contributed by atoms with Crippen LogP contribution in [0.15, 0.2) is 22.9 Å². The van der Waals surface area contributed by atoms with Gasteiger partial charge in [0.15, 0.2) is 0 Å². The van der Waals surface area contributed by atoms with Crippen LogP contribution in [-0.2, 0) is 11.2 Å². The first-order chi connectivity index (χ1) is 5.20. The molecular weight excluding hydrogens is 208 g/mol. The van der Waals surface area contributed by atoms with Gasteiger partial charge in [-0.1, -0.05) is 0 Å². The van der Waals surface area contributed by atoms with Gasteiger partial charge >= 0.3 is 0 Å². The first-order valence-corrected chi connectivity index (χ1v) is 3.86. The molecule has 1 heterocycles. The summed E-state index contributed by atoms with van der Waals surface area (Å²) in [6, 6.07) is 1.76. The van der Waals surface area contributed by atoms with Crippen molar-refractivity contribution in [2.75, 3.05) is 0 Å². The lowest BCUT2D eigenvalue weighted by Gasteiger charge is -1.98. The molecule has 1 amide bonds. The van der Waals surface area contributed by atoms with Gasteiger partial charge in [0.2, 0.25) is 5.91 Å². The molecule has 58 valence electrons. The number of primary amides is 1. The monoisotopic (exact) mass is 214 g/mol. The Morgan fingerprint density at radius 1 is 1.73 bits per heavy atom. The Bertz CT molecular complexity index is 275. The van der Waals surface area contributed by atoms with Gasteiger partial charge in [-0.15, -0.1) is 0 Å². The highest BCUT2D eigenvalue weighted by molar-refractivity contribution is 9.10. The van der Waals surface area contributed by atoms with Crippen LogP contribution < -0.4 is 5.73 Å². The molecule has 0 fully saturated rings. The van der Waals surface area contributed by atoms with Crippen molar-refractivity contribution in [3.8, 4) is 0 Å². The average molecular weight is 215 g/mol. The van der Waals surface area contributed by atoms with E-state index in [9.17, 15) is 4.79 Å². The number of carbonyl (C=O) groups is 1. The first kappa shape index (κ1) is 8.20. The van der Waals surface area contributed by atoms with Crippen molar-refractivity contribution in [2.45, 2.75) is 6.42 Å². The van der Waals surface area contributed by atoms with E-state index >= 15 is 0 Å². The molecule has 0 saturated heterocycles. The number of aromatic nitrogens is 1. The molecule has 0 aromatic carbocycles. The smallest absolute Gasteiger partial charge is 0.221 e. The van der Waals surface area contributed by atoms with E-state index in [0.29, 0.717) is 0 Å². The summed E-state index contributed by atoms with van der Waals surface area (Å²) in [5.74, 6) is -0.336. The zero-order chi connectivity index (χ0) is 8.27. The second-order valence-electron chi connectivity index (χ2n) is 2.11. The number of amides is 1. The Hall–Kier alpha value is -0.900. The maximum Gasteiger partial charge on any atom is 0.221 e. The first-order valence-electron chi connectivity index (χ1n) is 3.07. The molecule has 0 radical (unpaired) electrons. The minimum absolute atomic E-state index is 0.253. The highest BCUT2D eigenvalue weighted by Gasteiger charge is 2.01. The largest absolute Gasteiger partial charge is 0.369 e. The van der Waals surface area contributed by atoms with Crippen LogP contribution in [0.25, 0.3) is 0 Å². The average Bonchev–Trinajstić information content (AvgIpc) is 1.93. The quantitative estimate of drug-likeness (QED) is 0.795. The maximum atomic E-state index is 10.5. The molecule has 0 spiro atoms. The molecule has 0 saturated carbocycles. The number of nitrogens with zero attached hydrogens (tertiary/aromatic N) is 1. The molecular formula is C7H7BrN2O. The van der Waals surface area contributed by atoms with E-state index in [0.717, 1.165) is 10.0 Å². The fraction of sp³-hybridized carbons (Fsp3) is 0.143. The van der Waals surface area contributed by atoms with Crippen molar-refractivity contribution in [1.82, 2.24) is 4.98 Å². The van der Waals surface area contributed by atoms with Crippen molar-refractivity contribution in [3.63, 3.8) is 0 Å². The summed E-state index contributed by atoms with van der Waals surface area (Å²) >= 11 is 3.25. The third-order valence-electron chi connectivity index (χ3n) is 1.22. The van der Waals surface area contributed by atoms with E-state index in [-0.39, 0.29) is 12.3 Å².